The third kappa shape index (κ3) is 3.92. The van der Waals surface area contributed by atoms with Gasteiger partial charge >= 0.3 is 5.97 Å². The molecule has 1 heterocycles. The summed E-state index contributed by atoms with van der Waals surface area (Å²) < 4.78 is 0. The molecule has 0 spiro atoms. The third-order valence-corrected chi connectivity index (χ3v) is 5.74. The molecule has 0 unspecified atom stereocenters. The van der Waals surface area contributed by atoms with Gasteiger partial charge < -0.3 is 14.9 Å². The Bertz CT molecular complexity index is 656. The van der Waals surface area contributed by atoms with Gasteiger partial charge in [-0.15, -0.1) is 0 Å². The lowest BCUT2D eigenvalue weighted by molar-refractivity contribution is -0.152. The molecule has 0 bridgehead atoms. The average Bonchev–Trinajstić information content (AvgIpc) is 2.63. The van der Waals surface area contributed by atoms with Crippen LogP contribution in [0.2, 0.25) is 5.02 Å². The summed E-state index contributed by atoms with van der Waals surface area (Å²) in [7, 11) is 0. The summed E-state index contributed by atoms with van der Waals surface area (Å²) in [4.78, 5) is 28.4. The van der Waals surface area contributed by atoms with Crippen molar-refractivity contribution in [3.05, 3.63) is 28.8 Å². The number of aliphatic carboxylic acids is 1. The molecule has 5 nitrogen and oxygen atoms in total. The van der Waals surface area contributed by atoms with Gasteiger partial charge in [-0.2, -0.15) is 0 Å². The fourth-order valence-corrected chi connectivity index (χ4v) is 4.21. The fourth-order valence-electron chi connectivity index (χ4n) is 4.05. The van der Waals surface area contributed by atoms with Crippen LogP contribution in [0.25, 0.3) is 0 Å². The second-order valence-corrected chi connectivity index (χ2v) is 7.52. The molecule has 25 heavy (non-hydrogen) atoms. The predicted octanol–water partition coefficient (Wildman–Crippen LogP) is 3.19. The molecule has 1 saturated heterocycles. The average molecular weight is 365 g/mol. The maximum absolute atomic E-state index is 12.9. The molecule has 1 aliphatic heterocycles. The van der Waals surface area contributed by atoms with E-state index in [1.165, 1.54) is 5.56 Å². The van der Waals surface area contributed by atoms with Gasteiger partial charge in [0.1, 0.15) is 0 Å². The number of aryl methyl sites for hydroxylation is 1. The fraction of sp³-hybridized carbons (Fsp3) is 0.579. The molecule has 3 rings (SSSR count). The van der Waals surface area contributed by atoms with Crippen molar-refractivity contribution in [1.29, 1.82) is 0 Å². The molecular formula is C19H25ClN2O3. The van der Waals surface area contributed by atoms with Crippen molar-refractivity contribution in [3.8, 4) is 0 Å². The predicted molar refractivity (Wildman–Crippen MR) is 98.1 cm³/mol. The highest BCUT2D eigenvalue weighted by Crippen LogP contribution is 2.32. The van der Waals surface area contributed by atoms with Crippen LogP contribution in [0.15, 0.2) is 18.2 Å². The molecule has 2 fully saturated rings. The second kappa shape index (κ2) is 7.65. The van der Waals surface area contributed by atoms with Crippen LogP contribution in [0, 0.1) is 18.8 Å². The van der Waals surface area contributed by atoms with Crippen molar-refractivity contribution in [2.75, 3.05) is 31.1 Å². The number of benzene rings is 1. The summed E-state index contributed by atoms with van der Waals surface area (Å²) in [5.41, 5.74) is 2.28. The molecule has 1 aromatic carbocycles. The Morgan fingerprint density at radius 1 is 1.08 bits per heavy atom. The number of carboxylic acids is 1. The molecule has 1 saturated carbocycles. The van der Waals surface area contributed by atoms with Crippen LogP contribution in [-0.4, -0.2) is 48.1 Å². The Kier molecular flexibility index (Phi) is 5.52. The smallest absolute Gasteiger partial charge is 0.307 e. The van der Waals surface area contributed by atoms with Crippen molar-refractivity contribution in [1.82, 2.24) is 4.90 Å². The number of anilines is 1. The molecule has 2 aliphatic rings. The quantitative estimate of drug-likeness (QED) is 0.894. The minimum atomic E-state index is -0.828. The number of carbonyl (C=O) groups excluding carboxylic acids is 1. The molecule has 0 aromatic heterocycles. The van der Waals surface area contributed by atoms with Crippen LogP contribution in [0.5, 0.6) is 0 Å². The lowest BCUT2D eigenvalue weighted by Crippen LogP contribution is -2.52. The molecule has 1 aliphatic carbocycles. The Morgan fingerprint density at radius 3 is 2.36 bits per heavy atom. The highest BCUT2D eigenvalue weighted by molar-refractivity contribution is 6.30. The van der Waals surface area contributed by atoms with Crippen LogP contribution in [0.3, 0.4) is 0 Å². The highest BCUT2D eigenvalue weighted by atomic mass is 35.5. The number of piperazine rings is 1. The van der Waals surface area contributed by atoms with E-state index in [9.17, 15) is 14.7 Å². The van der Waals surface area contributed by atoms with E-state index in [4.69, 9.17) is 11.6 Å². The SMILES string of the molecule is Cc1ccc(Cl)cc1N1CCN(C(=O)[C@H]2CCCC[C@H]2C(=O)O)CC1. The summed E-state index contributed by atoms with van der Waals surface area (Å²) in [5.74, 6) is -1.68. The van der Waals surface area contributed by atoms with Crippen LogP contribution < -0.4 is 4.90 Å². The first-order valence-corrected chi connectivity index (χ1v) is 9.38. The van der Waals surface area contributed by atoms with Crippen molar-refractivity contribution in [2.24, 2.45) is 11.8 Å². The van der Waals surface area contributed by atoms with Gasteiger partial charge in [0.25, 0.3) is 0 Å². The van der Waals surface area contributed by atoms with Crippen molar-refractivity contribution >= 4 is 29.2 Å². The Balaban J connectivity index is 1.64. The minimum Gasteiger partial charge on any atom is -0.481 e. The van der Waals surface area contributed by atoms with Gasteiger partial charge in [-0.3, -0.25) is 9.59 Å². The van der Waals surface area contributed by atoms with Gasteiger partial charge in [-0.1, -0.05) is 30.5 Å². The zero-order valence-electron chi connectivity index (χ0n) is 14.6. The molecule has 6 heteroatoms. The second-order valence-electron chi connectivity index (χ2n) is 7.08. The maximum atomic E-state index is 12.9. The van der Waals surface area contributed by atoms with E-state index in [1.807, 2.05) is 23.1 Å². The van der Waals surface area contributed by atoms with Crippen LogP contribution in [-0.2, 0) is 9.59 Å². The number of halogens is 1. The van der Waals surface area contributed by atoms with E-state index >= 15 is 0 Å². The zero-order valence-corrected chi connectivity index (χ0v) is 15.3. The third-order valence-electron chi connectivity index (χ3n) is 5.50. The largest absolute Gasteiger partial charge is 0.481 e. The molecule has 1 amide bonds. The Morgan fingerprint density at radius 2 is 1.72 bits per heavy atom. The van der Waals surface area contributed by atoms with Gasteiger partial charge in [-0.25, -0.2) is 0 Å². The lowest BCUT2D eigenvalue weighted by Gasteiger charge is -2.39. The minimum absolute atomic E-state index is 0.0227. The number of rotatable bonds is 3. The van der Waals surface area contributed by atoms with Gasteiger partial charge in [0, 0.05) is 36.9 Å². The summed E-state index contributed by atoms with van der Waals surface area (Å²) in [6, 6.07) is 5.86. The molecule has 1 aromatic rings. The van der Waals surface area contributed by atoms with Gasteiger partial charge in [0.05, 0.1) is 11.8 Å². The van der Waals surface area contributed by atoms with Crippen LogP contribution >= 0.6 is 11.6 Å². The Hall–Kier alpha value is -1.75. The van der Waals surface area contributed by atoms with E-state index in [0.29, 0.717) is 31.0 Å². The van der Waals surface area contributed by atoms with Gasteiger partial charge in [0.15, 0.2) is 0 Å². The maximum Gasteiger partial charge on any atom is 0.307 e. The molecule has 136 valence electrons. The number of nitrogens with zero attached hydrogens (tertiary/aromatic N) is 2. The molecule has 1 N–H and O–H groups in total. The summed E-state index contributed by atoms with van der Waals surface area (Å²) >= 11 is 6.12. The van der Waals surface area contributed by atoms with Crippen molar-refractivity contribution < 1.29 is 14.7 Å². The number of hydrogen-bond acceptors (Lipinski definition) is 3. The zero-order chi connectivity index (χ0) is 18.0. The van der Waals surface area contributed by atoms with E-state index in [2.05, 4.69) is 11.8 Å². The molecule has 0 radical (unpaired) electrons. The number of carbonyl (C=O) groups is 2. The normalized spacial score (nSPS) is 24.2. The molecular weight excluding hydrogens is 340 g/mol. The van der Waals surface area contributed by atoms with E-state index in [-0.39, 0.29) is 11.8 Å². The summed E-state index contributed by atoms with van der Waals surface area (Å²) in [6.07, 6.45) is 3.17. The first kappa shape index (κ1) is 18.1. The van der Waals surface area contributed by atoms with Gasteiger partial charge in [0.2, 0.25) is 5.91 Å². The van der Waals surface area contributed by atoms with E-state index < -0.39 is 11.9 Å². The topological polar surface area (TPSA) is 60.9 Å². The highest BCUT2D eigenvalue weighted by Gasteiger charge is 2.38. The van der Waals surface area contributed by atoms with Crippen LogP contribution in [0.4, 0.5) is 5.69 Å². The van der Waals surface area contributed by atoms with E-state index in [0.717, 1.165) is 31.6 Å². The monoisotopic (exact) mass is 364 g/mol. The standard InChI is InChI=1S/C19H25ClN2O3/c1-13-6-7-14(20)12-17(13)21-8-10-22(11-9-21)18(23)15-4-2-3-5-16(15)19(24)25/h6-7,12,15-16H,2-5,8-11H2,1H3,(H,24,25)/t15-,16+/m0/s1. The number of amides is 1. The van der Waals surface area contributed by atoms with E-state index in [1.54, 1.807) is 0 Å². The first-order valence-electron chi connectivity index (χ1n) is 9.00. The van der Waals surface area contributed by atoms with Crippen molar-refractivity contribution in [3.63, 3.8) is 0 Å². The first-order chi connectivity index (χ1) is 12.0. The number of carboxylic acid groups (broad SMARTS) is 1. The lowest BCUT2D eigenvalue weighted by atomic mass is 9.78. The molecule has 2 atom stereocenters. The van der Waals surface area contributed by atoms with Gasteiger partial charge in [-0.05, 0) is 37.5 Å². The Labute approximate surface area is 153 Å². The van der Waals surface area contributed by atoms with Crippen molar-refractivity contribution in [2.45, 2.75) is 32.6 Å². The number of hydrogen-bond donors (Lipinski definition) is 1. The summed E-state index contributed by atoms with van der Waals surface area (Å²) in [6.45, 7) is 4.82. The summed E-state index contributed by atoms with van der Waals surface area (Å²) in [5, 5.41) is 10.1. The van der Waals surface area contributed by atoms with Crippen LogP contribution in [0.1, 0.15) is 31.2 Å².